The number of carbonyl (C=O) groups is 2. The van der Waals surface area contributed by atoms with Crippen molar-refractivity contribution >= 4 is 23.2 Å². The van der Waals surface area contributed by atoms with Crippen LogP contribution in [0, 0.1) is 12.8 Å². The van der Waals surface area contributed by atoms with E-state index < -0.39 is 0 Å². The highest BCUT2D eigenvalue weighted by atomic mass is 16.3. The second kappa shape index (κ2) is 8.71. The fourth-order valence-electron chi connectivity index (χ4n) is 3.51. The summed E-state index contributed by atoms with van der Waals surface area (Å²) in [6.45, 7) is 1.90. The first-order chi connectivity index (χ1) is 13.0. The average Bonchev–Trinajstić information content (AvgIpc) is 2.65. The number of anilines is 2. The Bertz CT molecular complexity index is 809. The van der Waals surface area contributed by atoms with Gasteiger partial charge < -0.3 is 15.7 Å². The first-order valence-corrected chi connectivity index (χ1v) is 9.52. The average molecular weight is 366 g/mol. The number of benzene rings is 2. The highest BCUT2D eigenvalue weighted by Gasteiger charge is 2.17. The monoisotopic (exact) mass is 366 g/mol. The van der Waals surface area contributed by atoms with Crippen molar-refractivity contribution in [3.8, 4) is 5.75 Å². The Morgan fingerprint density at radius 3 is 2.41 bits per heavy atom. The van der Waals surface area contributed by atoms with Gasteiger partial charge in [0.25, 0.3) is 5.91 Å². The van der Waals surface area contributed by atoms with Crippen LogP contribution in [-0.4, -0.2) is 16.9 Å². The van der Waals surface area contributed by atoms with Crippen molar-refractivity contribution in [1.82, 2.24) is 0 Å². The molecular formula is C22H26N2O3. The number of hydrogen-bond acceptors (Lipinski definition) is 3. The van der Waals surface area contributed by atoms with Gasteiger partial charge in [-0.05, 0) is 67.6 Å². The molecule has 0 heterocycles. The number of aryl methyl sites for hydroxylation is 1. The van der Waals surface area contributed by atoms with E-state index in [1.54, 1.807) is 18.2 Å². The number of hydrogen-bond donors (Lipinski definition) is 3. The van der Waals surface area contributed by atoms with Gasteiger partial charge in [-0.15, -0.1) is 0 Å². The van der Waals surface area contributed by atoms with E-state index in [4.69, 9.17) is 0 Å². The van der Waals surface area contributed by atoms with E-state index in [9.17, 15) is 14.7 Å². The van der Waals surface area contributed by atoms with Gasteiger partial charge in [0, 0.05) is 23.4 Å². The van der Waals surface area contributed by atoms with Gasteiger partial charge in [-0.25, -0.2) is 0 Å². The lowest BCUT2D eigenvalue weighted by Gasteiger charge is -2.21. The number of carbonyl (C=O) groups excluding carboxylic acids is 2. The van der Waals surface area contributed by atoms with Crippen molar-refractivity contribution in [3.63, 3.8) is 0 Å². The van der Waals surface area contributed by atoms with Gasteiger partial charge in [-0.2, -0.15) is 0 Å². The quantitative estimate of drug-likeness (QED) is 0.707. The number of phenolic OH excluding ortho intramolecular Hbond substituents is 1. The maximum absolute atomic E-state index is 12.4. The first kappa shape index (κ1) is 19.0. The third kappa shape index (κ3) is 5.33. The number of aromatic hydroxyl groups is 1. The van der Waals surface area contributed by atoms with Gasteiger partial charge >= 0.3 is 0 Å². The predicted octanol–water partition coefficient (Wildman–Crippen LogP) is 4.86. The summed E-state index contributed by atoms with van der Waals surface area (Å²) in [6.07, 6.45) is 6.54. The molecule has 3 rings (SSSR count). The van der Waals surface area contributed by atoms with Crippen molar-refractivity contribution < 1.29 is 14.7 Å². The molecule has 1 saturated carbocycles. The molecule has 0 saturated heterocycles. The Labute approximate surface area is 159 Å². The Hall–Kier alpha value is -2.82. The summed E-state index contributed by atoms with van der Waals surface area (Å²) in [7, 11) is 0. The second-order valence-corrected chi connectivity index (χ2v) is 7.29. The van der Waals surface area contributed by atoms with Crippen LogP contribution in [-0.2, 0) is 4.79 Å². The van der Waals surface area contributed by atoms with E-state index in [2.05, 4.69) is 10.6 Å². The van der Waals surface area contributed by atoms with Crippen LogP contribution in [0.4, 0.5) is 11.4 Å². The molecule has 1 aliphatic carbocycles. The SMILES string of the molecule is Cc1ccc(NC(=O)CC2CCCCC2)cc1NC(=O)c1ccc(O)cc1. The van der Waals surface area contributed by atoms with Crippen LogP contribution >= 0.6 is 0 Å². The van der Waals surface area contributed by atoms with E-state index in [1.807, 2.05) is 19.1 Å². The molecule has 0 aromatic heterocycles. The van der Waals surface area contributed by atoms with Crippen LogP contribution in [0.5, 0.6) is 5.75 Å². The van der Waals surface area contributed by atoms with Crippen molar-refractivity contribution in [2.75, 3.05) is 10.6 Å². The van der Waals surface area contributed by atoms with E-state index >= 15 is 0 Å². The summed E-state index contributed by atoms with van der Waals surface area (Å²) in [6, 6.07) is 11.6. The molecule has 0 radical (unpaired) electrons. The molecule has 142 valence electrons. The molecule has 2 amide bonds. The standard InChI is InChI=1S/C22H26N2O3/c1-15-7-10-18(23-21(26)13-16-5-3-2-4-6-16)14-20(15)24-22(27)17-8-11-19(25)12-9-17/h7-12,14,16,25H,2-6,13H2,1H3,(H,23,26)(H,24,27). The molecule has 2 aromatic carbocycles. The number of amides is 2. The van der Waals surface area contributed by atoms with E-state index in [-0.39, 0.29) is 17.6 Å². The van der Waals surface area contributed by atoms with Crippen LogP contribution in [0.2, 0.25) is 0 Å². The highest BCUT2D eigenvalue weighted by Crippen LogP contribution is 2.27. The van der Waals surface area contributed by atoms with Gasteiger partial charge in [0.05, 0.1) is 0 Å². The zero-order valence-electron chi connectivity index (χ0n) is 15.6. The summed E-state index contributed by atoms with van der Waals surface area (Å²) in [5.74, 6) is 0.369. The van der Waals surface area contributed by atoms with E-state index in [0.717, 1.165) is 18.4 Å². The predicted molar refractivity (Wildman–Crippen MR) is 107 cm³/mol. The molecule has 0 aliphatic heterocycles. The molecule has 0 spiro atoms. The summed E-state index contributed by atoms with van der Waals surface area (Å²) in [5.41, 5.74) is 2.71. The van der Waals surface area contributed by atoms with Crippen molar-refractivity contribution in [1.29, 1.82) is 0 Å². The molecule has 1 aliphatic rings. The lowest BCUT2D eigenvalue weighted by molar-refractivity contribution is -0.117. The summed E-state index contributed by atoms with van der Waals surface area (Å²) in [4.78, 5) is 24.7. The molecule has 1 fully saturated rings. The minimum atomic E-state index is -0.260. The third-order valence-electron chi connectivity index (χ3n) is 5.10. The van der Waals surface area contributed by atoms with Gasteiger partial charge in [-0.3, -0.25) is 9.59 Å². The van der Waals surface area contributed by atoms with Crippen LogP contribution in [0.1, 0.15) is 54.4 Å². The Balaban J connectivity index is 1.63. The van der Waals surface area contributed by atoms with Gasteiger partial charge in [0.15, 0.2) is 0 Å². The second-order valence-electron chi connectivity index (χ2n) is 7.29. The molecule has 5 heteroatoms. The van der Waals surface area contributed by atoms with Gasteiger partial charge in [-0.1, -0.05) is 25.3 Å². The fourth-order valence-corrected chi connectivity index (χ4v) is 3.51. The van der Waals surface area contributed by atoms with E-state index in [0.29, 0.717) is 29.3 Å². The normalized spacial score (nSPS) is 14.6. The number of phenols is 1. The maximum Gasteiger partial charge on any atom is 0.255 e. The maximum atomic E-state index is 12.4. The van der Waals surface area contributed by atoms with Crippen LogP contribution in [0.25, 0.3) is 0 Å². The summed E-state index contributed by atoms with van der Waals surface area (Å²) in [5, 5.41) is 15.2. The van der Waals surface area contributed by atoms with Crippen molar-refractivity contribution in [2.24, 2.45) is 5.92 Å². The molecule has 0 unspecified atom stereocenters. The number of rotatable bonds is 5. The van der Waals surface area contributed by atoms with E-state index in [1.165, 1.54) is 31.4 Å². The smallest absolute Gasteiger partial charge is 0.255 e. The molecule has 0 atom stereocenters. The lowest BCUT2D eigenvalue weighted by Crippen LogP contribution is -2.18. The molecule has 27 heavy (non-hydrogen) atoms. The van der Waals surface area contributed by atoms with Crippen LogP contribution < -0.4 is 10.6 Å². The Morgan fingerprint density at radius 1 is 1.00 bits per heavy atom. The highest BCUT2D eigenvalue weighted by molar-refractivity contribution is 6.05. The lowest BCUT2D eigenvalue weighted by atomic mass is 9.87. The van der Waals surface area contributed by atoms with Crippen molar-refractivity contribution in [2.45, 2.75) is 45.4 Å². The van der Waals surface area contributed by atoms with Crippen LogP contribution in [0.15, 0.2) is 42.5 Å². The largest absolute Gasteiger partial charge is 0.508 e. The minimum absolute atomic E-state index is 0.0292. The number of nitrogens with one attached hydrogen (secondary N) is 2. The van der Waals surface area contributed by atoms with Gasteiger partial charge in [0.2, 0.25) is 5.91 Å². The van der Waals surface area contributed by atoms with Crippen LogP contribution in [0.3, 0.4) is 0 Å². The molecule has 0 bridgehead atoms. The first-order valence-electron chi connectivity index (χ1n) is 9.52. The topological polar surface area (TPSA) is 78.4 Å². The zero-order chi connectivity index (χ0) is 19.2. The zero-order valence-corrected chi connectivity index (χ0v) is 15.6. The Morgan fingerprint density at radius 2 is 1.70 bits per heavy atom. The molecule has 2 aromatic rings. The summed E-state index contributed by atoms with van der Waals surface area (Å²) < 4.78 is 0. The van der Waals surface area contributed by atoms with Gasteiger partial charge in [0.1, 0.15) is 5.75 Å². The van der Waals surface area contributed by atoms with Crippen molar-refractivity contribution in [3.05, 3.63) is 53.6 Å². The fraction of sp³-hybridized carbons (Fsp3) is 0.364. The minimum Gasteiger partial charge on any atom is -0.508 e. The third-order valence-corrected chi connectivity index (χ3v) is 5.10. The molecular weight excluding hydrogens is 340 g/mol. The summed E-state index contributed by atoms with van der Waals surface area (Å²) >= 11 is 0. The Kier molecular flexibility index (Phi) is 6.12. The molecule has 5 nitrogen and oxygen atoms in total. The molecule has 3 N–H and O–H groups in total.